The van der Waals surface area contributed by atoms with Crippen molar-refractivity contribution in [3.63, 3.8) is 0 Å². The first-order chi connectivity index (χ1) is 8.99. The highest BCUT2D eigenvalue weighted by Crippen LogP contribution is 2.30. The molecule has 2 nitrogen and oxygen atoms in total. The molecular weight excluding hydrogens is 239 g/mol. The quantitative estimate of drug-likeness (QED) is 0.907. The highest BCUT2D eigenvalue weighted by molar-refractivity contribution is 5.50. The van der Waals surface area contributed by atoms with Crippen molar-refractivity contribution >= 4 is 5.69 Å². The van der Waals surface area contributed by atoms with Crippen molar-refractivity contribution in [2.45, 2.75) is 52.1 Å². The highest BCUT2D eigenvalue weighted by atomic mass is 19.1. The molecular formula is C16H25FN2. The summed E-state index contributed by atoms with van der Waals surface area (Å²) in [5.41, 5.74) is 7.49. The van der Waals surface area contributed by atoms with E-state index in [1.54, 1.807) is 6.07 Å². The fourth-order valence-corrected chi connectivity index (χ4v) is 2.96. The van der Waals surface area contributed by atoms with E-state index in [-0.39, 0.29) is 11.9 Å². The van der Waals surface area contributed by atoms with E-state index >= 15 is 0 Å². The molecule has 0 spiro atoms. The summed E-state index contributed by atoms with van der Waals surface area (Å²) in [7, 11) is 0. The molecule has 1 saturated heterocycles. The number of nitrogens with zero attached hydrogens (tertiary/aromatic N) is 1. The number of benzene rings is 1. The minimum Gasteiger partial charge on any atom is -0.366 e. The molecule has 0 aliphatic carbocycles. The lowest BCUT2D eigenvalue weighted by atomic mass is 9.91. The van der Waals surface area contributed by atoms with E-state index in [0.29, 0.717) is 12.0 Å². The number of halogens is 1. The summed E-state index contributed by atoms with van der Waals surface area (Å²) in [4.78, 5) is 2.21. The van der Waals surface area contributed by atoms with Crippen molar-refractivity contribution < 1.29 is 4.39 Å². The summed E-state index contributed by atoms with van der Waals surface area (Å²) >= 11 is 0. The highest BCUT2D eigenvalue weighted by Gasteiger charge is 2.26. The molecule has 1 fully saturated rings. The van der Waals surface area contributed by atoms with Gasteiger partial charge in [0.05, 0.1) is 5.69 Å². The number of nitrogens with two attached hydrogens (primary N) is 1. The van der Waals surface area contributed by atoms with E-state index in [0.717, 1.165) is 30.6 Å². The summed E-state index contributed by atoms with van der Waals surface area (Å²) in [6, 6.07) is 6.04. The standard InChI is InChI=1S/C16H25FN2/c1-11-5-4-8-19(13(11)3)16-7-6-14(9-12(2)18)10-15(16)17/h6-7,10-13H,4-5,8-9,18H2,1-3H3. The Bertz CT molecular complexity index is 431. The van der Waals surface area contributed by atoms with Gasteiger partial charge in [0.15, 0.2) is 0 Å². The molecule has 0 aromatic heterocycles. The van der Waals surface area contributed by atoms with E-state index in [4.69, 9.17) is 5.73 Å². The van der Waals surface area contributed by atoms with Crippen molar-refractivity contribution in [1.82, 2.24) is 0 Å². The van der Waals surface area contributed by atoms with Crippen LogP contribution >= 0.6 is 0 Å². The van der Waals surface area contributed by atoms with Crippen LogP contribution < -0.4 is 10.6 Å². The number of anilines is 1. The summed E-state index contributed by atoms with van der Waals surface area (Å²) in [5, 5.41) is 0. The van der Waals surface area contributed by atoms with Gasteiger partial charge >= 0.3 is 0 Å². The van der Waals surface area contributed by atoms with E-state index in [9.17, 15) is 4.39 Å². The first kappa shape index (κ1) is 14.3. The maximum Gasteiger partial charge on any atom is 0.146 e. The number of rotatable bonds is 3. The van der Waals surface area contributed by atoms with Gasteiger partial charge < -0.3 is 10.6 Å². The van der Waals surface area contributed by atoms with Crippen LogP contribution in [0.1, 0.15) is 39.2 Å². The van der Waals surface area contributed by atoms with Crippen LogP contribution in [0.5, 0.6) is 0 Å². The molecule has 3 heteroatoms. The first-order valence-corrected chi connectivity index (χ1v) is 7.29. The molecule has 3 unspecified atom stereocenters. The zero-order valence-corrected chi connectivity index (χ0v) is 12.2. The maximum absolute atomic E-state index is 14.3. The maximum atomic E-state index is 14.3. The van der Waals surface area contributed by atoms with Crippen molar-refractivity contribution in [3.8, 4) is 0 Å². The molecule has 0 amide bonds. The fourth-order valence-electron chi connectivity index (χ4n) is 2.96. The molecule has 1 heterocycles. The summed E-state index contributed by atoms with van der Waals surface area (Å²) < 4.78 is 14.3. The van der Waals surface area contributed by atoms with Crippen molar-refractivity contribution in [2.24, 2.45) is 11.7 Å². The Morgan fingerprint density at radius 3 is 2.79 bits per heavy atom. The molecule has 0 bridgehead atoms. The molecule has 0 saturated carbocycles. The second-order valence-corrected chi connectivity index (χ2v) is 6.02. The SMILES string of the molecule is CC(N)Cc1ccc(N2CCCC(C)C2C)c(F)c1. The molecule has 2 rings (SSSR count). The lowest BCUT2D eigenvalue weighted by Gasteiger charge is -2.39. The third-order valence-corrected chi connectivity index (χ3v) is 4.25. The van der Waals surface area contributed by atoms with Gasteiger partial charge in [-0.15, -0.1) is 0 Å². The Labute approximate surface area is 115 Å². The third kappa shape index (κ3) is 3.27. The second-order valence-electron chi connectivity index (χ2n) is 6.02. The lowest BCUT2D eigenvalue weighted by molar-refractivity contribution is 0.360. The van der Waals surface area contributed by atoms with Crippen LogP contribution in [0.3, 0.4) is 0 Å². The normalized spacial score (nSPS) is 25.4. The number of hydrogen-bond acceptors (Lipinski definition) is 2. The Morgan fingerprint density at radius 1 is 1.42 bits per heavy atom. The van der Waals surface area contributed by atoms with Crippen molar-refractivity contribution in [2.75, 3.05) is 11.4 Å². The fraction of sp³-hybridized carbons (Fsp3) is 0.625. The van der Waals surface area contributed by atoms with Gasteiger partial charge in [0, 0.05) is 18.6 Å². The predicted octanol–water partition coefficient (Wildman–Crippen LogP) is 3.34. The van der Waals surface area contributed by atoms with E-state index < -0.39 is 0 Å². The van der Waals surface area contributed by atoms with Crippen molar-refractivity contribution in [3.05, 3.63) is 29.6 Å². The average molecular weight is 264 g/mol. The van der Waals surface area contributed by atoms with Gasteiger partial charge in [-0.25, -0.2) is 4.39 Å². The van der Waals surface area contributed by atoms with E-state index in [1.807, 2.05) is 19.1 Å². The summed E-state index contributed by atoms with van der Waals surface area (Å²) in [5.74, 6) is 0.510. The average Bonchev–Trinajstić information content (AvgIpc) is 2.33. The van der Waals surface area contributed by atoms with Crippen LogP contribution in [-0.2, 0) is 6.42 Å². The molecule has 0 radical (unpaired) electrons. The van der Waals surface area contributed by atoms with Gasteiger partial charge in [0.25, 0.3) is 0 Å². The van der Waals surface area contributed by atoms with Crippen LogP contribution in [0.4, 0.5) is 10.1 Å². The zero-order valence-electron chi connectivity index (χ0n) is 12.2. The smallest absolute Gasteiger partial charge is 0.146 e. The first-order valence-electron chi connectivity index (χ1n) is 7.29. The van der Waals surface area contributed by atoms with Crippen LogP contribution in [0.2, 0.25) is 0 Å². The van der Waals surface area contributed by atoms with Gasteiger partial charge in [-0.2, -0.15) is 0 Å². The van der Waals surface area contributed by atoms with Crippen molar-refractivity contribution in [1.29, 1.82) is 0 Å². The molecule has 1 aromatic rings. The van der Waals surface area contributed by atoms with Crippen LogP contribution in [0.15, 0.2) is 18.2 Å². The summed E-state index contributed by atoms with van der Waals surface area (Å²) in [6.45, 7) is 7.34. The largest absolute Gasteiger partial charge is 0.366 e. The number of hydrogen-bond donors (Lipinski definition) is 1. The van der Waals surface area contributed by atoms with Crippen LogP contribution in [-0.4, -0.2) is 18.6 Å². The Morgan fingerprint density at radius 2 is 2.16 bits per heavy atom. The van der Waals surface area contributed by atoms with Gasteiger partial charge in [-0.05, 0) is 56.7 Å². The van der Waals surface area contributed by atoms with Gasteiger partial charge in [0.1, 0.15) is 5.82 Å². The molecule has 19 heavy (non-hydrogen) atoms. The van der Waals surface area contributed by atoms with E-state index in [1.165, 1.54) is 6.42 Å². The summed E-state index contributed by atoms with van der Waals surface area (Å²) in [6.07, 6.45) is 3.11. The second kappa shape index (κ2) is 5.91. The Balaban J connectivity index is 2.20. The van der Waals surface area contributed by atoms with Gasteiger partial charge in [0.2, 0.25) is 0 Å². The van der Waals surface area contributed by atoms with E-state index in [2.05, 4.69) is 18.7 Å². The Kier molecular flexibility index (Phi) is 4.46. The number of piperidine rings is 1. The molecule has 2 N–H and O–H groups in total. The Hall–Kier alpha value is -1.09. The minimum atomic E-state index is -0.112. The van der Waals surface area contributed by atoms with Crippen LogP contribution in [0.25, 0.3) is 0 Å². The lowest BCUT2D eigenvalue weighted by Crippen LogP contribution is -2.42. The van der Waals surface area contributed by atoms with Gasteiger partial charge in [-0.3, -0.25) is 0 Å². The molecule has 1 aliphatic heterocycles. The topological polar surface area (TPSA) is 29.3 Å². The zero-order chi connectivity index (χ0) is 14.0. The predicted molar refractivity (Wildman–Crippen MR) is 79.0 cm³/mol. The molecule has 3 atom stereocenters. The molecule has 1 aliphatic rings. The minimum absolute atomic E-state index is 0.0687. The molecule has 106 valence electrons. The molecule has 1 aromatic carbocycles. The van der Waals surface area contributed by atoms with Gasteiger partial charge in [-0.1, -0.05) is 13.0 Å². The third-order valence-electron chi connectivity index (χ3n) is 4.25. The van der Waals surface area contributed by atoms with Crippen LogP contribution in [0, 0.1) is 11.7 Å². The monoisotopic (exact) mass is 264 g/mol.